The number of aromatic nitrogens is 1. The van der Waals surface area contributed by atoms with Gasteiger partial charge in [-0.05, 0) is 11.6 Å². The van der Waals surface area contributed by atoms with E-state index >= 15 is 0 Å². The van der Waals surface area contributed by atoms with E-state index in [9.17, 15) is 0 Å². The van der Waals surface area contributed by atoms with Crippen LogP contribution >= 0.6 is 27.5 Å². The number of pyridine rings is 1. The first kappa shape index (κ1) is 9.49. The molecule has 1 aromatic heterocycles. The van der Waals surface area contributed by atoms with Crippen molar-refractivity contribution in [3.8, 4) is 0 Å². The molecule has 0 spiro atoms. The van der Waals surface area contributed by atoms with Crippen molar-refractivity contribution in [2.75, 3.05) is 0 Å². The van der Waals surface area contributed by atoms with Crippen molar-refractivity contribution in [1.82, 2.24) is 4.98 Å². The third-order valence-electron chi connectivity index (χ3n) is 1.41. The lowest BCUT2D eigenvalue weighted by molar-refractivity contribution is 1.31. The van der Waals surface area contributed by atoms with Crippen LogP contribution in [0.5, 0.6) is 0 Å². The van der Waals surface area contributed by atoms with Crippen LogP contribution in [0.25, 0.3) is 9.51 Å². The van der Waals surface area contributed by atoms with Gasteiger partial charge in [0.2, 0.25) is 0 Å². The molecule has 0 amide bonds. The van der Waals surface area contributed by atoms with E-state index in [0.717, 1.165) is 15.6 Å². The highest BCUT2D eigenvalue weighted by Crippen LogP contribution is 2.27. The van der Waals surface area contributed by atoms with Gasteiger partial charge in [-0.25, -0.2) is 0 Å². The summed E-state index contributed by atoms with van der Waals surface area (Å²) in [5, 5.41) is 0.471. The molecule has 0 N–H and O–H groups in total. The van der Waals surface area contributed by atoms with Crippen molar-refractivity contribution in [3.05, 3.63) is 42.7 Å². The van der Waals surface area contributed by atoms with Crippen LogP contribution < -0.4 is 0 Å². The summed E-state index contributed by atoms with van der Waals surface area (Å²) in [7, 11) is 0. The predicted octanol–water partition coefficient (Wildman–Crippen LogP) is 3.66. The monoisotopic (exact) mass is 243 g/mol. The second-order valence-electron chi connectivity index (χ2n) is 2.23. The van der Waals surface area contributed by atoms with Gasteiger partial charge in [0, 0.05) is 27.5 Å². The highest BCUT2D eigenvalue weighted by molar-refractivity contribution is 9.15. The molecule has 0 bridgehead atoms. The molecular weight excluding hydrogens is 237 g/mol. The Hall–Kier alpha value is -0.600. The average Bonchev–Trinajstić information content (AvgIpc) is 2.04. The van der Waals surface area contributed by atoms with Crippen molar-refractivity contribution in [1.29, 1.82) is 0 Å². The summed E-state index contributed by atoms with van der Waals surface area (Å²) in [6.45, 7) is 7.39. The molecule has 1 aromatic rings. The Morgan fingerprint density at radius 2 is 2.08 bits per heavy atom. The quantitative estimate of drug-likeness (QED) is 0.774. The van der Waals surface area contributed by atoms with Crippen LogP contribution in [0.1, 0.15) is 11.1 Å². The first-order valence-corrected chi connectivity index (χ1v) is 4.43. The normalized spacial score (nSPS) is 9.50. The number of halogens is 2. The third-order valence-corrected chi connectivity index (χ3v) is 2.04. The molecule has 3 heteroatoms. The summed E-state index contributed by atoms with van der Waals surface area (Å²) < 4.78 is 0.779. The number of hydrogen-bond donors (Lipinski definition) is 0. The molecule has 0 aliphatic rings. The zero-order chi connectivity index (χ0) is 9.14. The largest absolute Gasteiger partial charge is 0.264 e. The minimum atomic E-state index is 0.471. The fourth-order valence-electron chi connectivity index (χ4n) is 0.847. The zero-order valence-corrected chi connectivity index (χ0v) is 8.69. The number of hydrogen-bond acceptors (Lipinski definition) is 1. The highest BCUT2D eigenvalue weighted by Gasteiger charge is 2.04. The van der Waals surface area contributed by atoms with Gasteiger partial charge in [0.15, 0.2) is 0 Å². The highest BCUT2D eigenvalue weighted by atomic mass is 79.9. The van der Waals surface area contributed by atoms with Crippen LogP contribution in [0, 0.1) is 0 Å². The van der Waals surface area contributed by atoms with Crippen LogP contribution in [-0.2, 0) is 0 Å². The van der Waals surface area contributed by atoms with Gasteiger partial charge in [-0.3, -0.25) is 4.98 Å². The summed E-state index contributed by atoms with van der Waals surface area (Å²) in [5.74, 6) is 0. The van der Waals surface area contributed by atoms with Crippen LogP contribution in [0.2, 0.25) is 0 Å². The zero-order valence-electron chi connectivity index (χ0n) is 6.35. The van der Waals surface area contributed by atoms with E-state index in [4.69, 9.17) is 11.6 Å². The molecule has 1 heterocycles. The molecule has 0 unspecified atom stereocenters. The van der Waals surface area contributed by atoms with Gasteiger partial charge in [-0.15, -0.1) is 0 Å². The lowest BCUT2D eigenvalue weighted by Gasteiger charge is -2.04. The van der Waals surface area contributed by atoms with E-state index in [-0.39, 0.29) is 0 Å². The fraction of sp³-hybridized carbons (Fsp3) is 0. The third kappa shape index (κ3) is 1.96. The van der Waals surface area contributed by atoms with Gasteiger partial charge < -0.3 is 0 Å². The number of rotatable bonds is 2. The standard InChI is InChI=1S/C9H7BrClN/c1-6(10)8-3-4-12-5-9(8)7(2)11/h3-5H,1-2H2. The molecule has 1 rings (SSSR count). The van der Waals surface area contributed by atoms with Crippen molar-refractivity contribution in [2.24, 2.45) is 0 Å². The summed E-state index contributed by atoms with van der Waals surface area (Å²) in [6.07, 6.45) is 3.35. The second-order valence-corrected chi connectivity index (χ2v) is 3.64. The van der Waals surface area contributed by atoms with Crippen molar-refractivity contribution >= 4 is 37.0 Å². The Kier molecular flexibility index (Phi) is 3.06. The topological polar surface area (TPSA) is 12.9 Å². The lowest BCUT2D eigenvalue weighted by atomic mass is 10.1. The van der Waals surface area contributed by atoms with Crippen molar-refractivity contribution < 1.29 is 0 Å². The summed E-state index contributed by atoms with van der Waals surface area (Å²) in [6, 6.07) is 1.83. The maximum atomic E-state index is 5.76. The van der Waals surface area contributed by atoms with Crippen molar-refractivity contribution in [2.45, 2.75) is 0 Å². The maximum absolute atomic E-state index is 5.76. The van der Waals surface area contributed by atoms with Gasteiger partial charge in [-0.2, -0.15) is 0 Å². The predicted molar refractivity (Wildman–Crippen MR) is 57.1 cm³/mol. The van der Waals surface area contributed by atoms with E-state index in [2.05, 4.69) is 34.1 Å². The van der Waals surface area contributed by atoms with Gasteiger partial charge in [0.05, 0.1) is 0 Å². The molecule has 0 atom stereocenters. The van der Waals surface area contributed by atoms with Crippen LogP contribution in [-0.4, -0.2) is 4.98 Å². The summed E-state index contributed by atoms with van der Waals surface area (Å²) in [5.41, 5.74) is 1.73. The fourth-order valence-corrected chi connectivity index (χ4v) is 1.34. The Morgan fingerprint density at radius 3 is 2.50 bits per heavy atom. The first-order valence-electron chi connectivity index (χ1n) is 3.26. The molecule has 0 aliphatic carbocycles. The molecule has 0 radical (unpaired) electrons. The minimum absolute atomic E-state index is 0.471. The van der Waals surface area contributed by atoms with Gasteiger partial charge in [0.1, 0.15) is 0 Å². The second kappa shape index (κ2) is 3.87. The molecule has 12 heavy (non-hydrogen) atoms. The van der Waals surface area contributed by atoms with Crippen molar-refractivity contribution in [3.63, 3.8) is 0 Å². The Morgan fingerprint density at radius 1 is 1.42 bits per heavy atom. The Labute approximate surface area is 84.9 Å². The molecule has 0 saturated carbocycles. The SMILES string of the molecule is C=C(Cl)c1cnccc1C(=C)Br. The van der Waals surface area contributed by atoms with Crippen LogP contribution in [0.4, 0.5) is 0 Å². The number of nitrogens with zero attached hydrogens (tertiary/aromatic N) is 1. The molecule has 0 aliphatic heterocycles. The molecule has 0 saturated heterocycles. The van der Waals surface area contributed by atoms with E-state index in [1.165, 1.54) is 0 Å². The van der Waals surface area contributed by atoms with Gasteiger partial charge >= 0.3 is 0 Å². The molecule has 1 nitrogen and oxygen atoms in total. The minimum Gasteiger partial charge on any atom is -0.264 e. The maximum Gasteiger partial charge on any atom is 0.0428 e. The first-order chi connectivity index (χ1) is 5.63. The van der Waals surface area contributed by atoms with E-state index < -0.39 is 0 Å². The van der Waals surface area contributed by atoms with Gasteiger partial charge in [-0.1, -0.05) is 40.7 Å². The summed E-state index contributed by atoms with van der Waals surface area (Å²) >= 11 is 9.04. The van der Waals surface area contributed by atoms with Crippen LogP contribution in [0.3, 0.4) is 0 Å². The van der Waals surface area contributed by atoms with E-state index in [0.29, 0.717) is 5.03 Å². The molecule has 0 aromatic carbocycles. The average molecular weight is 245 g/mol. The van der Waals surface area contributed by atoms with E-state index in [1.54, 1.807) is 12.4 Å². The molecule has 62 valence electrons. The molecule has 0 fully saturated rings. The lowest BCUT2D eigenvalue weighted by Crippen LogP contribution is -1.86. The Bertz CT molecular complexity index is 300. The van der Waals surface area contributed by atoms with Crippen LogP contribution in [0.15, 0.2) is 31.6 Å². The summed E-state index contributed by atoms with van der Waals surface area (Å²) in [4.78, 5) is 3.94. The van der Waals surface area contributed by atoms with Gasteiger partial charge in [0.25, 0.3) is 0 Å². The van der Waals surface area contributed by atoms with E-state index in [1.807, 2.05) is 6.07 Å². The Balaban J connectivity index is 3.27. The smallest absolute Gasteiger partial charge is 0.0428 e. The molecular formula is C9H7BrClN.